The molecule has 6 nitrogen and oxygen atoms in total. The van der Waals surface area contributed by atoms with Crippen LogP contribution in [0.5, 0.6) is 5.75 Å². The molecule has 1 aliphatic rings. The van der Waals surface area contributed by atoms with Gasteiger partial charge in [0.2, 0.25) is 5.91 Å². The number of ether oxygens (including phenoxy) is 1. The predicted molar refractivity (Wildman–Crippen MR) is 120 cm³/mol. The molecule has 0 spiro atoms. The Hall–Kier alpha value is -2.86. The maximum absolute atomic E-state index is 12.5. The summed E-state index contributed by atoms with van der Waals surface area (Å²) in [6.45, 7) is 4.82. The number of benzene rings is 2. The predicted octanol–water partition coefficient (Wildman–Crippen LogP) is 3.56. The van der Waals surface area contributed by atoms with Crippen molar-refractivity contribution in [3.8, 4) is 5.75 Å². The third kappa shape index (κ3) is 7.40. The average Bonchev–Trinajstić information content (AvgIpc) is 2.75. The Kier molecular flexibility index (Phi) is 8.47. The smallest absolute Gasteiger partial charge is 0.307 e. The molecule has 1 aliphatic heterocycles. The lowest BCUT2D eigenvalue weighted by Gasteiger charge is -2.24. The number of nitrogens with zero attached hydrogens (tertiary/aromatic N) is 1. The fraction of sp³-hybridized carbons (Fsp3) is 0.440. The molecule has 1 amide bonds. The first kappa shape index (κ1) is 22.8. The molecule has 0 fully saturated rings. The molecule has 3 rings (SSSR count). The Bertz CT molecular complexity index is 880. The molecular weight excluding hydrogens is 392 g/mol. The van der Waals surface area contributed by atoms with E-state index in [1.54, 1.807) is 0 Å². The quantitative estimate of drug-likeness (QED) is 0.767. The number of aliphatic carboxylic acids is 1. The Morgan fingerprint density at radius 1 is 1.03 bits per heavy atom. The molecule has 0 saturated heterocycles. The molecule has 0 aliphatic carbocycles. The monoisotopic (exact) mass is 424 g/mol. The number of carbonyl (C=O) groups excluding carboxylic acids is 1. The van der Waals surface area contributed by atoms with E-state index in [0.717, 1.165) is 48.1 Å². The van der Waals surface area contributed by atoms with Crippen LogP contribution >= 0.6 is 0 Å². The maximum atomic E-state index is 12.5. The number of nitrogens with one attached hydrogen (secondary N) is 1. The number of aryl methyl sites for hydroxylation is 1. The summed E-state index contributed by atoms with van der Waals surface area (Å²) in [5, 5.41) is 12.2. The molecule has 6 heteroatoms. The van der Waals surface area contributed by atoms with Gasteiger partial charge < -0.3 is 15.2 Å². The molecule has 0 aromatic heterocycles. The number of fused-ring (bicyclic) bond motifs is 1. The number of rotatable bonds is 5. The summed E-state index contributed by atoms with van der Waals surface area (Å²) in [5.41, 5.74) is 4.06. The van der Waals surface area contributed by atoms with Gasteiger partial charge in [-0.05, 0) is 48.4 Å². The van der Waals surface area contributed by atoms with E-state index in [-0.39, 0.29) is 18.9 Å². The van der Waals surface area contributed by atoms with Crippen molar-refractivity contribution < 1.29 is 19.4 Å². The van der Waals surface area contributed by atoms with Crippen molar-refractivity contribution in [1.29, 1.82) is 0 Å². The van der Waals surface area contributed by atoms with Gasteiger partial charge in [0.05, 0.1) is 19.6 Å². The van der Waals surface area contributed by atoms with Crippen LogP contribution in [0.1, 0.15) is 48.4 Å². The molecule has 2 aromatic carbocycles. The Morgan fingerprint density at radius 2 is 1.77 bits per heavy atom. The summed E-state index contributed by atoms with van der Waals surface area (Å²) in [6.07, 6.45) is 3.79. The van der Waals surface area contributed by atoms with Gasteiger partial charge in [0, 0.05) is 25.2 Å². The summed E-state index contributed by atoms with van der Waals surface area (Å²) < 4.78 is 6.04. The van der Waals surface area contributed by atoms with Crippen LogP contribution in [0.25, 0.3) is 0 Å². The SMILES string of the molecule is CCc1ccc(CN2CC(=O)NCCCCCOc3ccc(CC(=O)O)cc3C2)cc1. The molecule has 0 unspecified atom stereocenters. The van der Waals surface area contributed by atoms with E-state index >= 15 is 0 Å². The van der Waals surface area contributed by atoms with Crippen molar-refractivity contribution in [3.05, 3.63) is 64.7 Å². The third-order valence-electron chi connectivity index (χ3n) is 5.48. The van der Waals surface area contributed by atoms with Crippen molar-refractivity contribution in [3.63, 3.8) is 0 Å². The molecule has 31 heavy (non-hydrogen) atoms. The van der Waals surface area contributed by atoms with E-state index < -0.39 is 5.97 Å². The molecule has 0 radical (unpaired) electrons. The fourth-order valence-corrected chi connectivity index (χ4v) is 3.80. The van der Waals surface area contributed by atoms with Gasteiger partial charge in [0.25, 0.3) is 0 Å². The minimum atomic E-state index is -0.863. The number of hydrogen-bond donors (Lipinski definition) is 2. The van der Waals surface area contributed by atoms with Gasteiger partial charge in [-0.25, -0.2) is 0 Å². The summed E-state index contributed by atoms with van der Waals surface area (Å²) in [5.74, 6) is -0.0912. The number of amides is 1. The van der Waals surface area contributed by atoms with E-state index in [1.165, 1.54) is 5.56 Å². The van der Waals surface area contributed by atoms with Crippen LogP contribution in [0.2, 0.25) is 0 Å². The van der Waals surface area contributed by atoms with Crippen LogP contribution in [-0.2, 0) is 35.5 Å². The van der Waals surface area contributed by atoms with Gasteiger partial charge in [0.1, 0.15) is 5.75 Å². The third-order valence-corrected chi connectivity index (χ3v) is 5.48. The van der Waals surface area contributed by atoms with Gasteiger partial charge in [-0.1, -0.05) is 43.3 Å². The highest BCUT2D eigenvalue weighted by Gasteiger charge is 2.16. The average molecular weight is 425 g/mol. The van der Waals surface area contributed by atoms with Crippen LogP contribution in [0, 0.1) is 0 Å². The molecule has 2 aromatic rings. The normalized spacial score (nSPS) is 16.1. The Balaban J connectivity index is 1.86. The minimum absolute atomic E-state index is 0.00795. The van der Waals surface area contributed by atoms with E-state index in [0.29, 0.717) is 26.2 Å². The number of hydrogen-bond acceptors (Lipinski definition) is 4. The molecule has 2 N–H and O–H groups in total. The standard InChI is InChI=1S/C25H32N2O4/c1-2-19-6-8-20(9-7-19)16-27-17-22-14-21(15-25(29)30)10-11-23(22)31-13-5-3-4-12-26-24(28)18-27/h6-11,14H,2-5,12-13,15-18H2,1H3,(H,26,28)(H,29,30). The van der Waals surface area contributed by atoms with Crippen molar-refractivity contribution in [1.82, 2.24) is 10.2 Å². The first-order valence-corrected chi connectivity index (χ1v) is 11.1. The summed E-state index contributed by atoms with van der Waals surface area (Å²) in [6, 6.07) is 14.0. The Labute approximate surface area is 184 Å². The van der Waals surface area contributed by atoms with Crippen LogP contribution in [0.15, 0.2) is 42.5 Å². The van der Waals surface area contributed by atoms with Crippen molar-refractivity contribution in [2.75, 3.05) is 19.7 Å². The van der Waals surface area contributed by atoms with E-state index in [2.05, 4.69) is 41.4 Å². The van der Waals surface area contributed by atoms with E-state index in [1.807, 2.05) is 18.2 Å². The highest BCUT2D eigenvalue weighted by molar-refractivity contribution is 5.78. The topological polar surface area (TPSA) is 78.9 Å². The highest BCUT2D eigenvalue weighted by atomic mass is 16.5. The first-order chi connectivity index (χ1) is 15.0. The first-order valence-electron chi connectivity index (χ1n) is 11.1. The summed E-state index contributed by atoms with van der Waals surface area (Å²) in [7, 11) is 0. The van der Waals surface area contributed by atoms with E-state index in [9.17, 15) is 14.7 Å². The second kappa shape index (κ2) is 11.5. The molecular formula is C25H32N2O4. The zero-order valence-electron chi connectivity index (χ0n) is 18.2. The second-order valence-electron chi connectivity index (χ2n) is 8.09. The zero-order valence-corrected chi connectivity index (χ0v) is 18.2. The summed E-state index contributed by atoms with van der Waals surface area (Å²) >= 11 is 0. The highest BCUT2D eigenvalue weighted by Crippen LogP contribution is 2.24. The Morgan fingerprint density at radius 3 is 2.52 bits per heavy atom. The molecule has 1 heterocycles. The molecule has 0 atom stereocenters. The lowest BCUT2D eigenvalue weighted by molar-refractivity contribution is -0.136. The van der Waals surface area contributed by atoms with Crippen LogP contribution in [0.4, 0.5) is 0 Å². The second-order valence-corrected chi connectivity index (χ2v) is 8.09. The molecule has 0 bridgehead atoms. The van der Waals surface area contributed by atoms with Gasteiger partial charge >= 0.3 is 5.97 Å². The van der Waals surface area contributed by atoms with Gasteiger partial charge in [0.15, 0.2) is 0 Å². The fourth-order valence-electron chi connectivity index (χ4n) is 3.80. The lowest BCUT2D eigenvalue weighted by Crippen LogP contribution is -2.37. The maximum Gasteiger partial charge on any atom is 0.307 e. The molecule has 0 saturated carbocycles. The largest absolute Gasteiger partial charge is 0.493 e. The van der Waals surface area contributed by atoms with Crippen LogP contribution < -0.4 is 10.1 Å². The van der Waals surface area contributed by atoms with Crippen LogP contribution in [-0.4, -0.2) is 41.6 Å². The van der Waals surface area contributed by atoms with Crippen molar-refractivity contribution in [2.24, 2.45) is 0 Å². The molecule has 166 valence electrons. The summed E-state index contributed by atoms with van der Waals surface area (Å²) in [4.78, 5) is 25.8. The minimum Gasteiger partial charge on any atom is -0.493 e. The number of carboxylic acids is 1. The van der Waals surface area contributed by atoms with E-state index in [4.69, 9.17) is 4.74 Å². The van der Waals surface area contributed by atoms with Gasteiger partial charge in [-0.15, -0.1) is 0 Å². The lowest BCUT2D eigenvalue weighted by atomic mass is 10.1. The van der Waals surface area contributed by atoms with Crippen molar-refractivity contribution >= 4 is 11.9 Å². The zero-order chi connectivity index (χ0) is 22.1. The number of carboxylic acid groups (broad SMARTS) is 1. The van der Waals surface area contributed by atoms with Crippen LogP contribution in [0.3, 0.4) is 0 Å². The van der Waals surface area contributed by atoms with Gasteiger partial charge in [-0.3, -0.25) is 14.5 Å². The van der Waals surface area contributed by atoms with Gasteiger partial charge in [-0.2, -0.15) is 0 Å². The number of carbonyl (C=O) groups is 2. The van der Waals surface area contributed by atoms with Crippen molar-refractivity contribution in [2.45, 2.75) is 52.1 Å².